The van der Waals surface area contributed by atoms with Crippen LogP contribution in [0.15, 0.2) is 24.5 Å². The SMILES string of the molecule is c1cncc(-c2nnc3sc(C4CCCNC4)nn23)c1. The number of aromatic nitrogens is 5. The maximum Gasteiger partial charge on any atom is 0.234 e. The molecular weight excluding hydrogens is 272 g/mol. The number of fused-ring (bicyclic) bond motifs is 1. The molecule has 3 aromatic heterocycles. The highest BCUT2D eigenvalue weighted by molar-refractivity contribution is 7.16. The molecule has 20 heavy (non-hydrogen) atoms. The van der Waals surface area contributed by atoms with Gasteiger partial charge in [-0.2, -0.15) is 9.61 Å². The van der Waals surface area contributed by atoms with Gasteiger partial charge in [0.15, 0.2) is 5.82 Å². The van der Waals surface area contributed by atoms with E-state index < -0.39 is 0 Å². The van der Waals surface area contributed by atoms with Gasteiger partial charge in [0.1, 0.15) is 5.01 Å². The summed E-state index contributed by atoms with van der Waals surface area (Å²) < 4.78 is 1.84. The Balaban J connectivity index is 1.75. The summed E-state index contributed by atoms with van der Waals surface area (Å²) in [7, 11) is 0. The van der Waals surface area contributed by atoms with Crippen LogP contribution >= 0.6 is 11.3 Å². The van der Waals surface area contributed by atoms with Crippen molar-refractivity contribution in [3.05, 3.63) is 29.5 Å². The Morgan fingerprint density at radius 3 is 3.15 bits per heavy atom. The third kappa shape index (κ3) is 1.99. The van der Waals surface area contributed by atoms with E-state index in [0.29, 0.717) is 5.92 Å². The zero-order valence-corrected chi connectivity index (χ0v) is 11.7. The number of hydrogen-bond donors (Lipinski definition) is 1. The minimum atomic E-state index is 0.497. The lowest BCUT2D eigenvalue weighted by Gasteiger charge is -2.19. The van der Waals surface area contributed by atoms with Crippen LogP contribution in [0.25, 0.3) is 16.3 Å². The maximum absolute atomic E-state index is 4.72. The van der Waals surface area contributed by atoms with Gasteiger partial charge in [-0.05, 0) is 31.5 Å². The normalized spacial score (nSPS) is 19.5. The van der Waals surface area contributed by atoms with Crippen LogP contribution in [0, 0.1) is 0 Å². The molecule has 4 heterocycles. The lowest BCUT2D eigenvalue weighted by molar-refractivity contribution is 0.457. The van der Waals surface area contributed by atoms with Crippen LogP contribution in [-0.2, 0) is 0 Å². The quantitative estimate of drug-likeness (QED) is 0.777. The summed E-state index contributed by atoms with van der Waals surface area (Å²) in [6, 6.07) is 3.87. The van der Waals surface area contributed by atoms with Crippen LogP contribution in [0.2, 0.25) is 0 Å². The van der Waals surface area contributed by atoms with Gasteiger partial charge >= 0.3 is 0 Å². The van der Waals surface area contributed by atoms with Crippen molar-refractivity contribution in [2.45, 2.75) is 18.8 Å². The van der Waals surface area contributed by atoms with E-state index in [1.165, 1.54) is 12.8 Å². The summed E-state index contributed by atoms with van der Waals surface area (Å²) in [5.74, 6) is 1.26. The number of nitrogens with zero attached hydrogens (tertiary/aromatic N) is 5. The van der Waals surface area contributed by atoms with Crippen molar-refractivity contribution >= 4 is 16.3 Å². The molecule has 3 aromatic rings. The molecular formula is C13H14N6S. The summed E-state index contributed by atoms with van der Waals surface area (Å²) in [6.07, 6.45) is 5.94. The highest BCUT2D eigenvalue weighted by Crippen LogP contribution is 2.28. The van der Waals surface area contributed by atoms with Gasteiger partial charge in [0.25, 0.3) is 0 Å². The Labute approximate surface area is 119 Å². The van der Waals surface area contributed by atoms with E-state index in [4.69, 9.17) is 5.10 Å². The predicted octanol–water partition coefficient (Wildman–Crippen LogP) is 1.71. The Bertz CT molecular complexity index is 713. The van der Waals surface area contributed by atoms with E-state index in [1.807, 2.05) is 16.6 Å². The fourth-order valence-corrected chi connectivity index (χ4v) is 3.51. The molecule has 0 aliphatic carbocycles. The van der Waals surface area contributed by atoms with Crippen LogP contribution in [0.5, 0.6) is 0 Å². The number of hydrogen-bond acceptors (Lipinski definition) is 6. The molecule has 1 N–H and O–H groups in total. The first-order valence-corrected chi connectivity index (χ1v) is 7.57. The van der Waals surface area contributed by atoms with E-state index >= 15 is 0 Å². The maximum atomic E-state index is 4.72. The van der Waals surface area contributed by atoms with Gasteiger partial charge in [0, 0.05) is 30.4 Å². The van der Waals surface area contributed by atoms with Gasteiger partial charge in [-0.25, -0.2) is 0 Å². The van der Waals surface area contributed by atoms with Gasteiger partial charge in [0.2, 0.25) is 4.96 Å². The molecule has 102 valence electrons. The summed E-state index contributed by atoms with van der Waals surface area (Å²) in [5, 5.41) is 17.7. The fraction of sp³-hybridized carbons (Fsp3) is 0.385. The molecule has 1 atom stereocenters. The third-order valence-electron chi connectivity index (χ3n) is 3.57. The summed E-state index contributed by atoms with van der Waals surface area (Å²) in [6.45, 7) is 2.12. The highest BCUT2D eigenvalue weighted by atomic mass is 32.1. The van der Waals surface area contributed by atoms with Gasteiger partial charge in [-0.3, -0.25) is 4.98 Å². The largest absolute Gasteiger partial charge is 0.316 e. The lowest BCUT2D eigenvalue weighted by atomic mass is 10.0. The Morgan fingerprint density at radius 1 is 1.35 bits per heavy atom. The Morgan fingerprint density at radius 2 is 2.35 bits per heavy atom. The summed E-state index contributed by atoms with van der Waals surface area (Å²) in [4.78, 5) is 4.98. The van der Waals surface area contributed by atoms with Crippen molar-refractivity contribution < 1.29 is 0 Å². The fourth-order valence-electron chi connectivity index (χ4n) is 2.53. The molecule has 1 aliphatic rings. The average molecular weight is 286 g/mol. The summed E-state index contributed by atoms with van der Waals surface area (Å²) >= 11 is 1.64. The van der Waals surface area contributed by atoms with Crippen molar-refractivity contribution in [2.75, 3.05) is 13.1 Å². The lowest BCUT2D eigenvalue weighted by Crippen LogP contribution is -2.28. The van der Waals surface area contributed by atoms with Crippen LogP contribution in [0.4, 0.5) is 0 Å². The number of pyridine rings is 1. The molecule has 0 amide bonds. The molecule has 1 aliphatic heterocycles. The van der Waals surface area contributed by atoms with Crippen molar-refractivity contribution in [2.24, 2.45) is 0 Å². The van der Waals surface area contributed by atoms with Crippen LogP contribution in [0.1, 0.15) is 23.8 Å². The van der Waals surface area contributed by atoms with E-state index in [2.05, 4.69) is 20.5 Å². The van der Waals surface area contributed by atoms with Gasteiger partial charge < -0.3 is 5.32 Å². The predicted molar refractivity (Wildman–Crippen MR) is 76.7 cm³/mol. The zero-order valence-electron chi connectivity index (χ0n) is 10.9. The van der Waals surface area contributed by atoms with E-state index in [9.17, 15) is 0 Å². The number of rotatable bonds is 2. The standard InChI is InChI=1S/C13H14N6S/c1-3-9(7-14-5-1)11-16-17-13-19(11)18-12(20-13)10-4-2-6-15-8-10/h1,3,5,7,10,15H,2,4,6,8H2. The minimum Gasteiger partial charge on any atom is -0.316 e. The molecule has 0 bridgehead atoms. The molecule has 7 heteroatoms. The van der Waals surface area contributed by atoms with Gasteiger partial charge in [0.05, 0.1) is 0 Å². The first kappa shape index (κ1) is 11.9. The van der Waals surface area contributed by atoms with Crippen molar-refractivity contribution in [1.29, 1.82) is 0 Å². The van der Waals surface area contributed by atoms with Crippen molar-refractivity contribution in [3.63, 3.8) is 0 Å². The van der Waals surface area contributed by atoms with Crippen molar-refractivity contribution in [1.82, 2.24) is 30.1 Å². The molecule has 1 unspecified atom stereocenters. The molecule has 1 saturated heterocycles. The monoisotopic (exact) mass is 286 g/mol. The molecule has 0 spiro atoms. The molecule has 6 nitrogen and oxygen atoms in total. The highest BCUT2D eigenvalue weighted by Gasteiger charge is 2.21. The smallest absolute Gasteiger partial charge is 0.234 e. The molecule has 0 saturated carbocycles. The van der Waals surface area contributed by atoms with E-state index in [1.54, 1.807) is 23.7 Å². The van der Waals surface area contributed by atoms with Crippen LogP contribution < -0.4 is 5.32 Å². The first-order chi connectivity index (χ1) is 9.92. The van der Waals surface area contributed by atoms with Gasteiger partial charge in [-0.1, -0.05) is 11.3 Å². The minimum absolute atomic E-state index is 0.497. The molecule has 1 fully saturated rings. The second-order valence-corrected chi connectivity index (χ2v) is 5.93. The van der Waals surface area contributed by atoms with Crippen molar-refractivity contribution in [3.8, 4) is 11.4 Å². The molecule has 4 rings (SSSR count). The van der Waals surface area contributed by atoms with E-state index in [-0.39, 0.29) is 0 Å². The average Bonchev–Trinajstić information content (AvgIpc) is 3.09. The number of piperidine rings is 1. The zero-order chi connectivity index (χ0) is 13.4. The first-order valence-electron chi connectivity index (χ1n) is 6.75. The Hall–Kier alpha value is -1.86. The molecule has 0 aromatic carbocycles. The second-order valence-electron chi connectivity index (χ2n) is 4.94. The molecule has 0 radical (unpaired) electrons. The second kappa shape index (κ2) is 4.92. The summed E-state index contributed by atoms with van der Waals surface area (Å²) in [5.41, 5.74) is 0.943. The van der Waals surface area contributed by atoms with Crippen LogP contribution in [-0.4, -0.2) is 37.9 Å². The van der Waals surface area contributed by atoms with Crippen LogP contribution in [0.3, 0.4) is 0 Å². The Kier molecular flexibility index (Phi) is 2.93. The topological polar surface area (TPSA) is 68.0 Å². The van der Waals surface area contributed by atoms with E-state index in [0.717, 1.165) is 34.4 Å². The van der Waals surface area contributed by atoms with Gasteiger partial charge in [-0.15, -0.1) is 10.2 Å². The third-order valence-corrected chi connectivity index (χ3v) is 4.63. The number of nitrogens with one attached hydrogen (secondary N) is 1.